The van der Waals surface area contributed by atoms with E-state index in [4.69, 9.17) is 27.9 Å². The van der Waals surface area contributed by atoms with E-state index in [1.807, 2.05) is 6.92 Å². The molecule has 2 nitrogen and oxygen atoms in total. The van der Waals surface area contributed by atoms with Gasteiger partial charge in [0.1, 0.15) is 11.5 Å². The van der Waals surface area contributed by atoms with E-state index >= 15 is 0 Å². The van der Waals surface area contributed by atoms with Gasteiger partial charge in [0, 0.05) is 0 Å². The number of allylic oxidation sites excluding steroid dienone is 2. The van der Waals surface area contributed by atoms with Gasteiger partial charge in [-0.25, -0.2) is 0 Å². The summed E-state index contributed by atoms with van der Waals surface area (Å²) in [6.45, 7) is 10.4. The smallest absolute Gasteiger partial charge is 0.254 e. The van der Waals surface area contributed by atoms with Crippen molar-refractivity contribution in [2.24, 2.45) is 11.8 Å². The maximum atomic E-state index is 11.3. The molecule has 20 heavy (non-hydrogen) atoms. The van der Waals surface area contributed by atoms with E-state index in [0.717, 1.165) is 5.76 Å². The van der Waals surface area contributed by atoms with Crippen molar-refractivity contribution in [1.82, 2.24) is 0 Å². The third-order valence-electron chi connectivity index (χ3n) is 3.09. The van der Waals surface area contributed by atoms with Crippen LogP contribution in [0.4, 0.5) is 0 Å². The number of carbonyl (C=O) groups excluding carboxylic acids is 1. The van der Waals surface area contributed by atoms with Crippen LogP contribution in [-0.2, 0) is 0 Å². The first-order valence-electron chi connectivity index (χ1n) is 6.62. The molecule has 0 aliphatic rings. The second-order valence-electron chi connectivity index (χ2n) is 5.31. The zero-order valence-electron chi connectivity index (χ0n) is 12.5. The fourth-order valence-electron chi connectivity index (χ4n) is 2.44. The molecule has 0 bridgehead atoms. The van der Waals surface area contributed by atoms with E-state index in [-0.39, 0.29) is 10.6 Å². The summed E-state index contributed by atoms with van der Waals surface area (Å²) in [6.07, 6.45) is 0. The first kappa shape index (κ1) is 17.1. The summed E-state index contributed by atoms with van der Waals surface area (Å²) < 4.78 is 5.86. The summed E-state index contributed by atoms with van der Waals surface area (Å²) in [6, 6.07) is 5.01. The Bertz CT molecular complexity index is 521. The summed E-state index contributed by atoms with van der Waals surface area (Å²) in [4.78, 5) is 11.3. The number of carbonyl (C=O) groups is 1. The van der Waals surface area contributed by atoms with Crippen LogP contribution in [0.2, 0.25) is 5.02 Å². The molecular formula is C16H20Cl2O2. The SMILES string of the molecule is CC(Oc1cccc(C(=O)Cl)c1Cl)=C(C(C)C)C(C)C. The molecule has 0 spiro atoms. The monoisotopic (exact) mass is 314 g/mol. The zero-order valence-corrected chi connectivity index (χ0v) is 14.0. The fourth-order valence-corrected chi connectivity index (χ4v) is 2.90. The van der Waals surface area contributed by atoms with Gasteiger partial charge in [-0.2, -0.15) is 0 Å². The molecule has 0 unspecified atom stereocenters. The molecule has 0 heterocycles. The van der Waals surface area contributed by atoms with Gasteiger partial charge in [-0.05, 0) is 48.1 Å². The normalized spacial score (nSPS) is 10.8. The molecule has 0 fully saturated rings. The summed E-state index contributed by atoms with van der Waals surface area (Å²) in [5, 5.41) is -0.339. The minimum atomic E-state index is -0.588. The second kappa shape index (κ2) is 7.14. The van der Waals surface area contributed by atoms with Gasteiger partial charge in [0.2, 0.25) is 0 Å². The van der Waals surface area contributed by atoms with Gasteiger partial charge in [-0.3, -0.25) is 4.79 Å². The topological polar surface area (TPSA) is 26.3 Å². The summed E-state index contributed by atoms with van der Waals surface area (Å²) in [7, 11) is 0. The van der Waals surface area contributed by atoms with Crippen molar-refractivity contribution in [2.75, 3.05) is 0 Å². The Labute approximate surface area is 130 Å². The molecule has 110 valence electrons. The molecule has 0 atom stereocenters. The van der Waals surface area contributed by atoms with Gasteiger partial charge < -0.3 is 4.74 Å². The summed E-state index contributed by atoms with van der Waals surface area (Å²) >= 11 is 11.6. The Morgan fingerprint density at radius 2 is 1.70 bits per heavy atom. The Kier molecular flexibility index (Phi) is 6.09. The highest BCUT2D eigenvalue weighted by atomic mass is 35.5. The Balaban J connectivity index is 3.19. The van der Waals surface area contributed by atoms with Gasteiger partial charge in [-0.15, -0.1) is 0 Å². The molecule has 0 aliphatic carbocycles. The third-order valence-corrected chi connectivity index (χ3v) is 3.68. The fraction of sp³-hybridized carbons (Fsp3) is 0.438. The molecular weight excluding hydrogens is 295 g/mol. The lowest BCUT2D eigenvalue weighted by atomic mass is 9.91. The molecule has 0 aromatic heterocycles. The maximum Gasteiger partial charge on any atom is 0.254 e. The van der Waals surface area contributed by atoms with Crippen LogP contribution in [0.15, 0.2) is 29.5 Å². The lowest BCUT2D eigenvalue weighted by Gasteiger charge is -2.20. The molecule has 0 N–H and O–H groups in total. The number of hydrogen-bond donors (Lipinski definition) is 0. The van der Waals surface area contributed by atoms with E-state index in [1.54, 1.807) is 18.2 Å². The first-order chi connectivity index (χ1) is 9.25. The van der Waals surface area contributed by atoms with E-state index < -0.39 is 5.24 Å². The molecule has 1 aromatic carbocycles. The minimum absolute atomic E-state index is 0.249. The van der Waals surface area contributed by atoms with E-state index in [0.29, 0.717) is 17.6 Å². The van der Waals surface area contributed by atoms with Crippen molar-refractivity contribution in [3.8, 4) is 5.75 Å². The third kappa shape index (κ3) is 4.00. The molecule has 0 radical (unpaired) electrons. The first-order valence-corrected chi connectivity index (χ1v) is 7.38. The lowest BCUT2D eigenvalue weighted by molar-refractivity contribution is 0.108. The summed E-state index contributed by atoms with van der Waals surface area (Å²) in [5.74, 6) is 2.03. The Morgan fingerprint density at radius 3 is 2.15 bits per heavy atom. The van der Waals surface area contributed by atoms with E-state index in [2.05, 4.69) is 27.7 Å². The van der Waals surface area contributed by atoms with Crippen LogP contribution < -0.4 is 4.74 Å². The van der Waals surface area contributed by atoms with Crippen molar-refractivity contribution in [3.63, 3.8) is 0 Å². The van der Waals surface area contributed by atoms with Crippen molar-refractivity contribution in [1.29, 1.82) is 0 Å². The Morgan fingerprint density at radius 1 is 1.15 bits per heavy atom. The van der Waals surface area contributed by atoms with Gasteiger partial charge in [0.25, 0.3) is 5.24 Å². The molecule has 0 saturated heterocycles. The minimum Gasteiger partial charge on any atom is -0.460 e. The van der Waals surface area contributed by atoms with E-state index in [1.165, 1.54) is 5.57 Å². The molecule has 1 aromatic rings. The van der Waals surface area contributed by atoms with Crippen LogP contribution >= 0.6 is 23.2 Å². The highest BCUT2D eigenvalue weighted by molar-refractivity contribution is 6.68. The number of hydrogen-bond acceptors (Lipinski definition) is 2. The highest BCUT2D eigenvalue weighted by Crippen LogP contribution is 2.32. The van der Waals surface area contributed by atoms with E-state index in [9.17, 15) is 4.79 Å². The van der Waals surface area contributed by atoms with Crippen molar-refractivity contribution >= 4 is 28.4 Å². The van der Waals surface area contributed by atoms with Crippen LogP contribution in [-0.4, -0.2) is 5.24 Å². The molecule has 0 amide bonds. The van der Waals surface area contributed by atoms with Crippen molar-refractivity contribution < 1.29 is 9.53 Å². The quantitative estimate of drug-likeness (QED) is 0.516. The summed E-state index contributed by atoms with van der Waals surface area (Å²) in [5.41, 5.74) is 1.48. The van der Waals surface area contributed by atoms with Gasteiger partial charge in [0.15, 0.2) is 0 Å². The van der Waals surface area contributed by atoms with Crippen LogP contribution in [0.3, 0.4) is 0 Å². The predicted octanol–water partition coefficient (Wildman–Crippen LogP) is 5.68. The van der Waals surface area contributed by atoms with Gasteiger partial charge >= 0.3 is 0 Å². The second-order valence-corrected chi connectivity index (χ2v) is 6.04. The van der Waals surface area contributed by atoms with Crippen molar-refractivity contribution in [2.45, 2.75) is 34.6 Å². The van der Waals surface area contributed by atoms with Gasteiger partial charge in [0.05, 0.1) is 10.6 Å². The number of halogens is 2. The van der Waals surface area contributed by atoms with Crippen LogP contribution in [0.25, 0.3) is 0 Å². The van der Waals surface area contributed by atoms with Crippen LogP contribution in [0.1, 0.15) is 45.0 Å². The average molecular weight is 315 g/mol. The molecule has 4 heteroatoms. The predicted molar refractivity (Wildman–Crippen MR) is 84.6 cm³/mol. The highest BCUT2D eigenvalue weighted by Gasteiger charge is 2.16. The maximum absolute atomic E-state index is 11.3. The standard InChI is InChI=1S/C16H20Cl2O2/c1-9(2)14(10(3)4)11(5)20-13-8-6-7-12(15(13)17)16(18)19/h6-10H,1-5H3. The molecule has 0 aliphatic heterocycles. The Hall–Kier alpha value is -0.990. The number of rotatable bonds is 5. The average Bonchev–Trinajstić information content (AvgIpc) is 2.30. The zero-order chi connectivity index (χ0) is 15.4. The number of ether oxygens (including phenoxy) is 1. The van der Waals surface area contributed by atoms with Crippen LogP contribution in [0.5, 0.6) is 5.75 Å². The molecule has 0 saturated carbocycles. The largest absolute Gasteiger partial charge is 0.460 e. The number of benzene rings is 1. The van der Waals surface area contributed by atoms with Crippen molar-refractivity contribution in [3.05, 3.63) is 40.1 Å². The lowest BCUT2D eigenvalue weighted by Crippen LogP contribution is -2.09. The van der Waals surface area contributed by atoms with Crippen LogP contribution in [0, 0.1) is 11.8 Å². The van der Waals surface area contributed by atoms with Gasteiger partial charge in [-0.1, -0.05) is 45.4 Å². The molecule has 1 rings (SSSR count).